The molecule has 88 valence electrons. The topological polar surface area (TPSA) is 79.4 Å². The van der Waals surface area contributed by atoms with E-state index in [1.165, 1.54) is 4.57 Å². The molecular weight excluding hydrogens is 229 g/mol. The van der Waals surface area contributed by atoms with Crippen LogP contribution in [0, 0.1) is 0 Å². The number of rotatable bonds is 3. The highest BCUT2D eigenvalue weighted by atomic mass is 31.0. The van der Waals surface area contributed by atoms with Gasteiger partial charge in [-0.25, -0.2) is 4.79 Å². The number of ether oxygens (including phenoxy) is 1. The summed E-state index contributed by atoms with van der Waals surface area (Å²) in [4.78, 5) is 15.2. The van der Waals surface area contributed by atoms with Crippen molar-refractivity contribution in [2.75, 3.05) is 12.3 Å². The van der Waals surface area contributed by atoms with Crippen LogP contribution < -0.4 is 11.4 Å². The fourth-order valence-corrected chi connectivity index (χ4v) is 1.98. The third-order valence-corrected chi connectivity index (χ3v) is 2.72. The summed E-state index contributed by atoms with van der Waals surface area (Å²) in [5.74, 6) is 0.226. The standard InChI is InChI=1S/C9H14N3O3P/c10-7-3-4-12(9(13)11-7)8-2-1-6(15-8)5-14-16/h3-4,6,8H,1-2,5,16H2,(H2,10,11,13)/t6?,8-/m1/s1. The number of nitrogens with two attached hydrogens (primary N) is 1. The molecule has 1 aliphatic rings. The van der Waals surface area contributed by atoms with E-state index < -0.39 is 0 Å². The Balaban J connectivity index is 2.11. The average Bonchev–Trinajstić information content (AvgIpc) is 2.67. The molecule has 0 spiro atoms. The smallest absolute Gasteiger partial charge is 0.351 e. The molecule has 3 atom stereocenters. The number of nitrogens with zero attached hydrogens (tertiary/aromatic N) is 2. The Morgan fingerprint density at radius 3 is 3.19 bits per heavy atom. The quantitative estimate of drug-likeness (QED) is 0.773. The zero-order valence-electron chi connectivity index (χ0n) is 8.70. The summed E-state index contributed by atoms with van der Waals surface area (Å²) in [6, 6.07) is 1.59. The van der Waals surface area contributed by atoms with Gasteiger partial charge in [0.2, 0.25) is 0 Å². The van der Waals surface area contributed by atoms with Gasteiger partial charge >= 0.3 is 5.69 Å². The van der Waals surface area contributed by atoms with Crippen molar-refractivity contribution in [2.45, 2.75) is 25.2 Å². The summed E-state index contributed by atoms with van der Waals surface area (Å²) in [5.41, 5.74) is 5.04. The Morgan fingerprint density at radius 2 is 2.50 bits per heavy atom. The molecular formula is C9H14N3O3P. The van der Waals surface area contributed by atoms with Crippen LogP contribution in [-0.4, -0.2) is 22.3 Å². The number of hydrogen-bond acceptors (Lipinski definition) is 5. The summed E-state index contributed by atoms with van der Waals surface area (Å²) < 4.78 is 12.0. The molecule has 1 aromatic rings. The maximum Gasteiger partial charge on any atom is 0.351 e. The molecule has 1 aliphatic heterocycles. The second-order valence-corrected chi connectivity index (χ2v) is 4.00. The monoisotopic (exact) mass is 243 g/mol. The van der Waals surface area contributed by atoms with Crippen molar-refractivity contribution >= 4 is 15.3 Å². The van der Waals surface area contributed by atoms with Gasteiger partial charge in [0, 0.05) is 15.7 Å². The van der Waals surface area contributed by atoms with Gasteiger partial charge in [0.1, 0.15) is 12.0 Å². The number of aromatic nitrogens is 2. The minimum atomic E-state index is -0.377. The summed E-state index contributed by atoms with van der Waals surface area (Å²) in [6.45, 7) is 0.512. The van der Waals surface area contributed by atoms with Gasteiger partial charge in [0.25, 0.3) is 0 Å². The van der Waals surface area contributed by atoms with Crippen LogP contribution >= 0.6 is 9.47 Å². The fraction of sp³-hybridized carbons (Fsp3) is 0.556. The highest BCUT2D eigenvalue weighted by Gasteiger charge is 2.27. The lowest BCUT2D eigenvalue weighted by atomic mass is 10.2. The van der Waals surface area contributed by atoms with Crippen molar-refractivity contribution in [2.24, 2.45) is 0 Å². The molecule has 2 heterocycles. The van der Waals surface area contributed by atoms with E-state index >= 15 is 0 Å². The van der Waals surface area contributed by atoms with Crippen LogP contribution in [-0.2, 0) is 9.26 Å². The van der Waals surface area contributed by atoms with E-state index in [-0.39, 0.29) is 23.8 Å². The van der Waals surface area contributed by atoms with E-state index in [2.05, 4.69) is 14.5 Å². The van der Waals surface area contributed by atoms with Crippen molar-refractivity contribution < 1.29 is 9.26 Å². The van der Waals surface area contributed by atoms with Gasteiger partial charge in [-0.15, -0.1) is 0 Å². The highest BCUT2D eigenvalue weighted by Crippen LogP contribution is 2.27. The average molecular weight is 243 g/mol. The third-order valence-electron chi connectivity index (χ3n) is 2.53. The van der Waals surface area contributed by atoms with Crippen LogP contribution in [0.3, 0.4) is 0 Å². The predicted molar refractivity (Wildman–Crippen MR) is 61.7 cm³/mol. The molecule has 0 aromatic carbocycles. The second kappa shape index (κ2) is 4.91. The molecule has 2 rings (SSSR count). The van der Waals surface area contributed by atoms with Gasteiger partial charge < -0.3 is 15.0 Å². The number of nitrogen functional groups attached to an aromatic ring is 1. The summed E-state index contributed by atoms with van der Waals surface area (Å²) in [5, 5.41) is 0. The van der Waals surface area contributed by atoms with Crippen molar-refractivity contribution in [3.63, 3.8) is 0 Å². The minimum Gasteiger partial charge on any atom is -0.383 e. The first-order chi connectivity index (χ1) is 7.70. The molecule has 1 aromatic heterocycles. The van der Waals surface area contributed by atoms with E-state index in [4.69, 9.17) is 15.0 Å². The van der Waals surface area contributed by atoms with Gasteiger partial charge in [0.15, 0.2) is 0 Å². The van der Waals surface area contributed by atoms with Gasteiger partial charge in [-0.2, -0.15) is 4.98 Å². The van der Waals surface area contributed by atoms with Crippen LogP contribution in [0.5, 0.6) is 0 Å². The molecule has 0 saturated carbocycles. The SMILES string of the molecule is Nc1ccn([C@H]2CCC(COP)O2)c(=O)n1. The zero-order chi connectivity index (χ0) is 11.5. The summed E-state index contributed by atoms with van der Waals surface area (Å²) in [6.07, 6.45) is 3.04. The molecule has 1 saturated heterocycles. The molecule has 7 heteroatoms. The van der Waals surface area contributed by atoms with Crippen molar-refractivity contribution in [1.29, 1.82) is 0 Å². The molecule has 16 heavy (non-hydrogen) atoms. The van der Waals surface area contributed by atoms with Gasteiger partial charge in [-0.05, 0) is 18.9 Å². The van der Waals surface area contributed by atoms with E-state index in [0.29, 0.717) is 6.61 Å². The normalized spacial score (nSPS) is 24.8. The van der Waals surface area contributed by atoms with Gasteiger partial charge in [0.05, 0.1) is 12.7 Å². The molecule has 6 nitrogen and oxygen atoms in total. The number of hydrogen-bond donors (Lipinski definition) is 1. The van der Waals surface area contributed by atoms with Crippen molar-refractivity contribution in [1.82, 2.24) is 9.55 Å². The van der Waals surface area contributed by atoms with Gasteiger partial charge in [-0.1, -0.05) is 0 Å². The summed E-state index contributed by atoms with van der Waals surface area (Å²) >= 11 is 0. The number of anilines is 1. The minimum absolute atomic E-state index is 0.0342. The predicted octanol–water partition coefficient (Wildman–Crippen LogP) is 0.310. The molecule has 0 radical (unpaired) electrons. The Hall–Kier alpha value is -0.970. The Labute approximate surface area is 95.0 Å². The maximum atomic E-state index is 11.5. The Bertz CT molecular complexity index is 423. The van der Waals surface area contributed by atoms with Gasteiger partial charge in [-0.3, -0.25) is 4.57 Å². The van der Waals surface area contributed by atoms with Crippen LogP contribution in [0.25, 0.3) is 0 Å². The molecule has 1 fully saturated rings. The maximum absolute atomic E-state index is 11.5. The highest BCUT2D eigenvalue weighted by molar-refractivity contribution is 7.09. The molecule has 0 amide bonds. The molecule has 0 bridgehead atoms. The van der Waals surface area contributed by atoms with Crippen molar-refractivity contribution in [3.05, 3.63) is 22.7 Å². The second-order valence-electron chi connectivity index (χ2n) is 3.67. The molecule has 2 N–H and O–H groups in total. The largest absolute Gasteiger partial charge is 0.383 e. The third kappa shape index (κ3) is 2.40. The first-order valence-corrected chi connectivity index (χ1v) is 5.49. The lowest BCUT2D eigenvalue weighted by molar-refractivity contribution is -0.0172. The van der Waals surface area contributed by atoms with E-state index in [9.17, 15) is 4.79 Å². The first-order valence-electron chi connectivity index (χ1n) is 5.02. The Kier molecular flexibility index (Phi) is 3.53. The lowest BCUT2D eigenvalue weighted by Crippen LogP contribution is -2.27. The van der Waals surface area contributed by atoms with Crippen LogP contribution in [0.15, 0.2) is 17.1 Å². The summed E-state index contributed by atoms with van der Waals surface area (Å²) in [7, 11) is 2.19. The van der Waals surface area contributed by atoms with Crippen LogP contribution in [0.1, 0.15) is 19.1 Å². The molecule has 2 unspecified atom stereocenters. The van der Waals surface area contributed by atoms with Crippen LogP contribution in [0.4, 0.5) is 5.82 Å². The van der Waals surface area contributed by atoms with E-state index in [1.807, 2.05) is 0 Å². The van der Waals surface area contributed by atoms with Crippen LogP contribution in [0.2, 0.25) is 0 Å². The Morgan fingerprint density at radius 1 is 1.69 bits per heavy atom. The van der Waals surface area contributed by atoms with E-state index in [1.54, 1.807) is 12.3 Å². The fourth-order valence-electron chi connectivity index (χ4n) is 1.77. The molecule has 0 aliphatic carbocycles. The zero-order valence-corrected chi connectivity index (χ0v) is 9.86. The van der Waals surface area contributed by atoms with E-state index in [0.717, 1.165) is 12.8 Å². The lowest BCUT2D eigenvalue weighted by Gasteiger charge is -2.14. The first kappa shape index (κ1) is 11.5. The van der Waals surface area contributed by atoms with Crippen molar-refractivity contribution in [3.8, 4) is 0 Å².